The van der Waals surface area contributed by atoms with Gasteiger partial charge in [0.1, 0.15) is 5.75 Å². The number of alkyl halides is 3. The van der Waals surface area contributed by atoms with Gasteiger partial charge in [0.2, 0.25) is 5.56 Å². The Hall–Kier alpha value is -2.18. The van der Waals surface area contributed by atoms with Gasteiger partial charge in [-0.3, -0.25) is 4.79 Å². The van der Waals surface area contributed by atoms with Gasteiger partial charge in [-0.05, 0) is 6.07 Å². The number of halogens is 3. The van der Waals surface area contributed by atoms with Gasteiger partial charge in [-0.2, -0.15) is 13.2 Å². The molecule has 0 aliphatic heterocycles. The zero-order valence-corrected chi connectivity index (χ0v) is 10.2. The van der Waals surface area contributed by atoms with Crippen LogP contribution in [-0.2, 0) is 6.18 Å². The van der Waals surface area contributed by atoms with Crippen LogP contribution >= 0.6 is 0 Å². The van der Waals surface area contributed by atoms with Crippen molar-refractivity contribution in [2.75, 3.05) is 19.5 Å². The van der Waals surface area contributed by atoms with E-state index in [1.54, 1.807) is 7.05 Å². The van der Waals surface area contributed by atoms with Crippen LogP contribution in [0.5, 0.6) is 5.75 Å². The number of rotatable bonds is 2. The lowest BCUT2D eigenvalue weighted by Crippen LogP contribution is -2.14. The van der Waals surface area contributed by atoms with Crippen molar-refractivity contribution in [2.45, 2.75) is 6.18 Å². The highest BCUT2D eigenvalue weighted by atomic mass is 19.4. The van der Waals surface area contributed by atoms with Crippen molar-refractivity contribution >= 4 is 16.6 Å². The number of ether oxygens (including phenoxy) is 1. The van der Waals surface area contributed by atoms with E-state index < -0.39 is 17.3 Å². The minimum absolute atomic E-state index is 0.0793. The maximum absolute atomic E-state index is 12.9. The Morgan fingerprint density at radius 2 is 1.95 bits per heavy atom. The largest absolute Gasteiger partial charge is 0.495 e. The van der Waals surface area contributed by atoms with Crippen molar-refractivity contribution in [3.05, 3.63) is 34.1 Å². The maximum Gasteiger partial charge on any atom is 0.417 e. The molecule has 0 bridgehead atoms. The van der Waals surface area contributed by atoms with Crippen molar-refractivity contribution in [3.8, 4) is 5.75 Å². The number of hydrogen-bond acceptors (Lipinski definition) is 3. The second-order valence-corrected chi connectivity index (χ2v) is 3.89. The van der Waals surface area contributed by atoms with Gasteiger partial charge in [0.15, 0.2) is 0 Å². The van der Waals surface area contributed by atoms with Crippen LogP contribution in [0.15, 0.2) is 23.0 Å². The summed E-state index contributed by atoms with van der Waals surface area (Å²) in [5.74, 6) is 0.352. The van der Waals surface area contributed by atoms with Crippen molar-refractivity contribution in [3.63, 3.8) is 0 Å². The summed E-state index contributed by atoms with van der Waals surface area (Å²) in [5, 5.41) is 2.66. The molecule has 0 spiro atoms. The van der Waals surface area contributed by atoms with Gasteiger partial charge >= 0.3 is 6.18 Å². The minimum atomic E-state index is -4.59. The molecular weight excluding hydrogens is 261 g/mol. The lowest BCUT2D eigenvalue weighted by atomic mass is 10.1. The number of benzene rings is 1. The summed E-state index contributed by atoms with van der Waals surface area (Å²) in [4.78, 5) is 13.7. The molecule has 1 aromatic carbocycles. The van der Waals surface area contributed by atoms with Gasteiger partial charge < -0.3 is 15.0 Å². The third kappa shape index (κ3) is 2.35. The first-order valence-corrected chi connectivity index (χ1v) is 5.37. The standard InChI is InChI=1S/C12H11F3N2O2/c1-16-9-3-6-7(12(13,14)15)4-11(18)17-8(6)5-10(9)19-2/h3-5,16H,1-2H3,(H,17,18). The third-order valence-electron chi connectivity index (χ3n) is 2.74. The van der Waals surface area contributed by atoms with Crippen molar-refractivity contribution in [1.29, 1.82) is 0 Å². The van der Waals surface area contributed by atoms with E-state index in [0.717, 1.165) is 0 Å². The summed E-state index contributed by atoms with van der Waals surface area (Å²) in [6, 6.07) is 3.21. The number of pyridine rings is 1. The zero-order chi connectivity index (χ0) is 14.2. The molecule has 0 unspecified atom stereocenters. The van der Waals surface area contributed by atoms with Gasteiger partial charge in [-0.25, -0.2) is 0 Å². The number of H-pyrrole nitrogens is 1. The molecule has 0 saturated heterocycles. The molecule has 7 heteroatoms. The molecule has 0 atom stereocenters. The summed E-state index contributed by atoms with van der Waals surface area (Å²) in [7, 11) is 2.97. The minimum Gasteiger partial charge on any atom is -0.495 e. The predicted octanol–water partition coefficient (Wildman–Crippen LogP) is 2.60. The first-order valence-electron chi connectivity index (χ1n) is 5.37. The second kappa shape index (κ2) is 4.49. The Kier molecular flexibility index (Phi) is 3.13. The average Bonchev–Trinajstić information content (AvgIpc) is 2.34. The molecule has 0 amide bonds. The van der Waals surface area contributed by atoms with Gasteiger partial charge in [0.25, 0.3) is 0 Å². The molecule has 1 aromatic heterocycles. The number of aromatic nitrogens is 1. The summed E-state index contributed by atoms with van der Waals surface area (Å²) in [5.41, 5.74) is -1.28. The normalized spacial score (nSPS) is 11.6. The van der Waals surface area contributed by atoms with E-state index in [2.05, 4.69) is 10.3 Å². The number of anilines is 1. The fourth-order valence-corrected chi connectivity index (χ4v) is 1.88. The average molecular weight is 272 g/mol. The number of aromatic amines is 1. The monoisotopic (exact) mass is 272 g/mol. The van der Waals surface area contributed by atoms with Crippen LogP contribution in [0.3, 0.4) is 0 Å². The SMILES string of the molecule is CNc1cc2c(C(F)(F)F)cc(=O)[nH]c2cc1OC. The third-order valence-corrected chi connectivity index (χ3v) is 2.74. The lowest BCUT2D eigenvalue weighted by Gasteiger charge is -2.13. The summed E-state index contributed by atoms with van der Waals surface area (Å²) >= 11 is 0. The fraction of sp³-hybridized carbons (Fsp3) is 0.250. The van der Waals surface area contributed by atoms with Gasteiger partial charge in [-0.1, -0.05) is 0 Å². The second-order valence-electron chi connectivity index (χ2n) is 3.89. The maximum atomic E-state index is 12.9. The molecule has 102 valence electrons. The molecule has 0 saturated carbocycles. The van der Waals surface area contributed by atoms with Crippen molar-refractivity contribution in [1.82, 2.24) is 4.98 Å². The Labute approximate surface area is 106 Å². The van der Waals surface area contributed by atoms with Crippen LogP contribution in [0.4, 0.5) is 18.9 Å². The van der Waals surface area contributed by atoms with Crippen molar-refractivity contribution in [2.24, 2.45) is 0 Å². The van der Waals surface area contributed by atoms with Crippen LogP contribution < -0.4 is 15.6 Å². The molecule has 2 N–H and O–H groups in total. The van der Waals surface area contributed by atoms with Crippen LogP contribution in [0.1, 0.15) is 5.56 Å². The molecule has 2 aromatic rings. The topological polar surface area (TPSA) is 54.1 Å². The Bertz CT molecular complexity index is 677. The Balaban J connectivity index is 2.87. The van der Waals surface area contributed by atoms with Crippen LogP contribution in [0, 0.1) is 0 Å². The van der Waals surface area contributed by atoms with Gasteiger partial charge in [-0.15, -0.1) is 0 Å². The Morgan fingerprint density at radius 3 is 2.47 bits per heavy atom. The smallest absolute Gasteiger partial charge is 0.417 e. The summed E-state index contributed by atoms with van der Waals surface area (Å²) in [6.45, 7) is 0. The number of fused-ring (bicyclic) bond motifs is 1. The van der Waals surface area contributed by atoms with Gasteiger partial charge in [0, 0.05) is 24.6 Å². The predicted molar refractivity (Wildman–Crippen MR) is 65.7 cm³/mol. The highest BCUT2D eigenvalue weighted by Gasteiger charge is 2.33. The molecule has 0 fully saturated rings. The zero-order valence-electron chi connectivity index (χ0n) is 10.2. The molecule has 19 heavy (non-hydrogen) atoms. The van der Waals surface area contributed by atoms with Crippen LogP contribution in [0.25, 0.3) is 10.9 Å². The lowest BCUT2D eigenvalue weighted by molar-refractivity contribution is -0.136. The van der Waals surface area contributed by atoms with E-state index in [9.17, 15) is 18.0 Å². The van der Waals surface area contributed by atoms with Crippen LogP contribution in [0.2, 0.25) is 0 Å². The van der Waals surface area contributed by atoms with E-state index in [-0.39, 0.29) is 10.9 Å². The number of hydrogen-bond donors (Lipinski definition) is 2. The summed E-state index contributed by atoms with van der Waals surface area (Å²) < 4.78 is 43.8. The fourth-order valence-electron chi connectivity index (χ4n) is 1.88. The van der Waals surface area contributed by atoms with Crippen LogP contribution in [-0.4, -0.2) is 19.1 Å². The molecule has 1 heterocycles. The molecule has 0 radical (unpaired) electrons. The molecule has 4 nitrogen and oxygen atoms in total. The molecule has 2 rings (SSSR count). The first kappa shape index (κ1) is 13.3. The molecule has 0 aliphatic carbocycles. The van der Waals surface area contributed by atoms with E-state index in [1.165, 1.54) is 19.2 Å². The first-order chi connectivity index (χ1) is 8.86. The van der Waals surface area contributed by atoms with Crippen molar-refractivity contribution < 1.29 is 17.9 Å². The van der Waals surface area contributed by atoms with Gasteiger partial charge in [0.05, 0.1) is 23.9 Å². The molecular formula is C12H11F3N2O2. The highest BCUT2D eigenvalue weighted by molar-refractivity contribution is 5.88. The van der Waals surface area contributed by atoms with E-state index in [4.69, 9.17) is 4.74 Å². The number of nitrogens with one attached hydrogen (secondary N) is 2. The van der Waals surface area contributed by atoms with E-state index in [1.807, 2.05) is 0 Å². The molecule has 0 aliphatic rings. The quantitative estimate of drug-likeness (QED) is 0.883. The van der Waals surface area contributed by atoms with E-state index >= 15 is 0 Å². The van der Waals surface area contributed by atoms with E-state index in [0.29, 0.717) is 17.5 Å². The summed E-state index contributed by atoms with van der Waals surface area (Å²) in [6.07, 6.45) is -4.59. The Morgan fingerprint density at radius 1 is 1.26 bits per heavy atom. The highest BCUT2D eigenvalue weighted by Crippen LogP contribution is 2.37. The number of methoxy groups -OCH3 is 1.